The molecule has 1 aromatic carbocycles. The summed E-state index contributed by atoms with van der Waals surface area (Å²) in [6, 6.07) is 4.88. The van der Waals surface area contributed by atoms with E-state index in [2.05, 4.69) is 5.32 Å². The Labute approximate surface area is 116 Å². The van der Waals surface area contributed by atoms with E-state index >= 15 is 0 Å². The van der Waals surface area contributed by atoms with Gasteiger partial charge < -0.3 is 14.8 Å². The topological polar surface area (TPSA) is 64.6 Å². The Morgan fingerprint density at radius 1 is 1.10 bits per heavy atom. The lowest BCUT2D eigenvalue weighted by atomic mass is 10.2. The summed E-state index contributed by atoms with van der Waals surface area (Å²) in [7, 11) is -1.58. The molecule has 0 radical (unpaired) electrons. The molecule has 0 heterocycles. The summed E-state index contributed by atoms with van der Waals surface area (Å²) in [6.07, 6.45) is -0.487. The molecular formula is C12H17F2NO4S. The first-order chi connectivity index (χ1) is 9.32. The summed E-state index contributed by atoms with van der Waals surface area (Å²) in [5, 5.41) is 3.02. The zero-order chi connectivity index (χ0) is 15.3. The average Bonchev–Trinajstić information content (AvgIpc) is 2.40. The molecule has 0 amide bonds. The number of anilines is 1. The molecule has 1 aromatic rings. The minimum atomic E-state index is -4.56. The van der Waals surface area contributed by atoms with Gasteiger partial charge in [0.2, 0.25) is 9.84 Å². The van der Waals surface area contributed by atoms with Crippen molar-refractivity contribution in [2.75, 3.05) is 19.5 Å². The smallest absolute Gasteiger partial charge is 0.341 e. The number of nitrogens with one attached hydrogen (secondary N) is 1. The zero-order valence-electron chi connectivity index (χ0n) is 11.3. The third-order valence-corrected chi connectivity index (χ3v) is 4.08. The zero-order valence-corrected chi connectivity index (χ0v) is 12.2. The number of sulfone groups is 1. The van der Waals surface area contributed by atoms with Gasteiger partial charge in [-0.15, -0.1) is 0 Å². The van der Waals surface area contributed by atoms with Gasteiger partial charge in [0.15, 0.2) is 6.29 Å². The van der Waals surface area contributed by atoms with Crippen molar-refractivity contribution < 1.29 is 26.7 Å². The Morgan fingerprint density at radius 3 is 2.00 bits per heavy atom. The second kappa shape index (κ2) is 6.96. The largest absolute Gasteiger partial charge is 0.377 e. The first kappa shape index (κ1) is 16.8. The van der Waals surface area contributed by atoms with Crippen molar-refractivity contribution in [1.29, 1.82) is 0 Å². The van der Waals surface area contributed by atoms with E-state index in [-0.39, 0.29) is 6.04 Å². The fraction of sp³-hybridized carbons (Fsp3) is 0.500. The van der Waals surface area contributed by atoms with E-state index in [0.717, 1.165) is 12.1 Å². The molecule has 0 saturated heterocycles. The molecule has 8 heteroatoms. The predicted molar refractivity (Wildman–Crippen MR) is 70.5 cm³/mol. The van der Waals surface area contributed by atoms with Crippen molar-refractivity contribution in [3.05, 3.63) is 24.3 Å². The SMILES string of the molecule is COC(OC)C(C)Nc1ccc(S(=O)(=O)C(F)F)cc1. The van der Waals surface area contributed by atoms with Crippen LogP contribution in [0.2, 0.25) is 0 Å². The quantitative estimate of drug-likeness (QED) is 0.782. The highest BCUT2D eigenvalue weighted by molar-refractivity contribution is 7.91. The van der Waals surface area contributed by atoms with Gasteiger partial charge in [0.1, 0.15) is 0 Å². The molecule has 0 aliphatic carbocycles. The van der Waals surface area contributed by atoms with E-state index in [1.165, 1.54) is 26.4 Å². The fourth-order valence-corrected chi connectivity index (χ4v) is 2.40. The molecule has 5 nitrogen and oxygen atoms in total. The van der Waals surface area contributed by atoms with E-state index in [0.29, 0.717) is 5.69 Å². The standard InChI is InChI=1S/C12H17F2NO4S/c1-8(11(18-2)19-3)15-9-4-6-10(7-5-9)20(16,17)12(13)14/h4-8,11-12,15H,1-3H3. The van der Waals surface area contributed by atoms with Crippen molar-refractivity contribution in [2.45, 2.75) is 29.9 Å². The van der Waals surface area contributed by atoms with E-state index in [9.17, 15) is 17.2 Å². The molecular weight excluding hydrogens is 292 g/mol. The minimum absolute atomic E-state index is 0.206. The number of alkyl halides is 2. The molecule has 1 atom stereocenters. The van der Waals surface area contributed by atoms with E-state index < -0.39 is 26.8 Å². The maximum absolute atomic E-state index is 12.4. The number of hydrogen-bond donors (Lipinski definition) is 1. The predicted octanol–water partition coefficient (Wildman–Crippen LogP) is 2.10. The van der Waals surface area contributed by atoms with Gasteiger partial charge in [0.25, 0.3) is 0 Å². The van der Waals surface area contributed by atoms with E-state index in [4.69, 9.17) is 9.47 Å². The van der Waals surface area contributed by atoms with E-state index in [1.807, 2.05) is 6.92 Å². The minimum Gasteiger partial charge on any atom is -0.377 e. The number of methoxy groups -OCH3 is 2. The molecule has 0 bridgehead atoms. The Bertz CT molecular complexity index is 515. The highest BCUT2D eigenvalue weighted by atomic mass is 32.2. The van der Waals surface area contributed by atoms with Gasteiger partial charge in [-0.1, -0.05) is 0 Å². The summed E-state index contributed by atoms with van der Waals surface area (Å²) in [6.45, 7) is 1.81. The Hall–Kier alpha value is -1.25. The number of ether oxygens (including phenoxy) is 2. The summed E-state index contributed by atoms with van der Waals surface area (Å²) < 4.78 is 57.4. The van der Waals surface area contributed by atoms with Gasteiger partial charge in [0, 0.05) is 19.9 Å². The number of benzene rings is 1. The molecule has 0 aliphatic rings. The van der Waals surface area contributed by atoms with Gasteiger partial charge >= 0.3 is 5.76 Å². The molecule has 20 heavy (non-hydrogen) atoms. The van der Waals surface area contributed by atoms with Crippen LogP contribution in [0, 0.1) is 0 Å². The van der Waals surface area contributed by atoms with Crippen LogP contribution in [0.1, 0.15) is 6.92 Å². The highest BCUT2D eigenvalue weighted by Crippen LogP contribution is 2.21. The molecule has 1 N–H and O–H groups in total. The van der Waals surface area contributed by atoms with Crippen molar-refractivity contribution in [2.24, 2.45) is 0 Å². The van der Waals surface area contributed by atoms with Crippen LogP contribution in [0.4, 0.5) is 14.5 Å². The molecule has 0 fully saturated rings. The summed E-state index contributed by atoms with van der Waals surface area (Å²) in [5.41, 5.74) is 0.574. The molecule has 0 aliphatic heterocycles. The van der Waals surface area contributed by atoms with Gasteiger partial charge in [-0.2, -0.15) is 8.78 Å². The maximum atomic E-state index is 12.4. The van der Waals surface area contributed by atoms with Crippen molar-refractivity contribution in [3.8, 4) is 0 Å². The molecule has 0 saturated carbocycles. The number of rotatable bonds is 7. The maximum Gasteiger partial charge on any atom is 0.341 e. The Kier molecular flexibility index (Phi) is 5.85. The molecule has 114 valence electrons. The third-order valence-electron chi connectivity index (χ3n) is 2.68. The Balaban J connectivity index is 2.83. The first-order valence-electron chi connectivity index (χ1n) is 5.77. The van der Waals surface area contributed by atoms with Gasteiger partial charge in [-0.25, -0.2) is 8.42 Å². The van der Waals surface area contributed by atoms with Crippen LogP contribution in [0.25, 0.3) is 0 Å². The van der Waals surface area contributed by atoms with Gasteiger partial charge in [-0.05, 0) is 31.2 Å². The lowest BCUT2D eigenvalue weighted by molar-refractivity contribution is -0.109. The van der Waals surface area contributed by atoms with Crippen LogP contribution >= 0.6 is 0 Å². The second-order valence-corrected chi connectivity index (χ2v) is 6.02. The lowest BCUT2D eigenvalue weighted by Crippen LogP contribution is -2.33. The Morgan fingerprint density at radius 2 is 1.60 bits per heavy atom. The molecule has 0 aromatic heterocycles. The normalized spacial score (nSPS) is 13.8. The summed E-state index contributed by atoms with van der Waals surface area (Å²) >= 11 is 0. The second-order valence-electron chi connectivity index (χ2n) is 4.10. The van der Waals surface area contributed by atoms with Crippen LogP contribution < -0.4 is 5.32 Å². The third kappa shape index (κ3) is 3.87. The van der Waals surface area contributed by atoms with Gasteiger partial charge in [0.05, 0.1) is 10.9 Å². The van der Waals surface area contributed by atoms with Crippen molar-refractivity contribution >= 4 is 15.5 Å². The van der Waals surface area contributed by atoms with E-state index in [1.54, 1.807) is 0 Å². The van der Waals surface area contributed by atoms with Crippen molar-refractivity contribution in [1.82, 2.24) is 0 Å². The number of hydrogen-bond acceptors (Lipinski definition) is 5. The molecule has 1 unspecified atom stereocenters. The van der Waals surface area contributed by atoms with Crippen molar-refractivity contribution in [3.63, 3.8) is 0 Å². The lowest BCUT2D eigenvalue weighted by Gasteiger charge is -2.23. The van der Waals surface area contributed by atoms with Crippen LogP contribution in [-0.2, 0) is 19.3 Å². The average molecular weight is 309 g/mol. The van der Waals surface area contributed by atoms with Crippen LogP contribution in [0.15, 0.2) is 29.2 Å². The summed E-state index contributed by atoms with van der Waals surface area (Å²) in [5.74, 6) is -3.42. The first-order valence-corrected chi connectivity index (χ1v) is 7.31. The van der Waals surface area contributed by atoms with Crippen LogP contribution in [-0.4, -0.2) is 40.7 Å². The van der Waals surface area contributed by atoms with Crippen LogP contribution in [0.3, 0.4) is 0 Å². The highest BCUT2D eigenvalue weighted by Gasteiger charge is 2.26. The molecule has 1 rings (SSSR count). The van der Waals surface area contributed by atoms with Crippen LogP contribution in [0.5, 0.6) is 0 Å². The molecule has 0 spiro atoms. The monoisotopic (exact) mass is 309 g/mol. The summed E-state index contributed by atoms with van der Waals surface area (Å²) in [4.78, 5) is -0.416. The fourth-order valence-electron chi connectivity index (χ4n) is 1.68. The number of halogens is 2. The van der Waals surface area contributed by atoms with Gasteiger partial charge in [-0.3, -0.25) is 0 Å².